The zero-order valence-electron chi connectivity index (χ0n) is 16.5. The van der Waals surface area contributed by atoms with Gasteiger partial charge in [-0.1, -0.05) is 0 Å². The number of rotatable bonds is 4. The van der Waals surface area contributed by atoms with Crippen LogP contribution in [-0.2, 0) is 10.0 Å². The Morgan fingerprint density at radius 2 is 1.90 bits per heavy atom. The molecule has 1 aliphatic carbocycles. The molecule has 9 nitrogen and oxygen atoms in total. The van der Waals surface area contributed by atoms with Crippen LogP contribution in [0.2, 0.25) is 0 Å². The van der Waals surface area contributed by atoms with Gasteiger partial charge in [-0.15, -0.1) is 0 Å². The quantitative estimate of drug-likeness (QED) is 0.658. The van der Waals surface area contributed by atoms with Crippen LogP contribution < -0.4 is 9.62 Å². The molecule has 0 radical (unpaired) electrons. The smallest absolute Gasteiger partial charge is 0.254 e. The molecule has 0 unspecified atom stereocenters. The van der Waals surface area contributed by atoms with E-state index in [9.17, 15) is 13.2 Å². The molecule has 3 heterocycles. The van der Waals surface area contributed by atoms with E-state index in [1.54, 1.807) is 30.6 Å². The van der Waals surface area contributed by atoms with Crippen molar-refractivity contribution < 1.29 is 13.2 Å². The maximum Gasteiger partial charge on any atom is 0.254 e. The molecule has 10 heteroatoms. The van der Waals surface area contributed by atoms with Crippen molar-refractivity contribution in [2.45, 2.75) is 18.4 Å². The lowest BCUT2D eigenvalue weighted by molar-refractivity contribution is 0.0624. The molecular weight excluding hydrogens is 404 g/mol. The number of carbonyl (C=O) groups excluding carboxylic acids is 1. The van der Waals surface area contributed by atoms with Crippen LogP contribution >= 0.6 is 0 Å². The summed E-state index contributed by atoms with van der Waals surface area (Å²) < 4.78 is 25.2. The number of H-pyrrole nitrogens is 1. The second-order valence-electron chi connectivity index (χ2n) is 7.99. The van der Waals surface area contributed by atoms with Gasteiger partial charge in [0.05, 0.1) is 17.2 Å². The summed E-state index contributed by atoms with van der Waals surface area (Å²) in [6.45, 7) is 2.04. The number of nitrogens with zero attached hydrogens (tertiary/aromatic N) is 4. The Morgan fingerprint density at radius 1 is 1.13 bits per heavy atom. The fourth-order valence-electron chi connectivity index (χ4n) is 4.21. The fourth-order valence-corrected chi connectivity index (χ4v) is 4.77. The van der Waals surface area contributed by atoms with E-state index in [0.717, 1.165) is 42.5 Å². The van der Waals surface area contributed by atoms with E-state index in [4.69, 9.17) is 0 Å². The van der Waals surface area contributed by atoms with Crippen molar-refractivity contribution in [1.82, 2.24) is 19.9 Å². The topological polar surface area (TPSA) is 111 Å². The van der Waals surface area contributed by atoms with Crippen LogP contribution in [0.1, 0.15) is 23.2 Å². The summed E-state index contributed by atoms with van der Waals surface area (Å²) in [6, 6.07) is 8.56. The molecule has 3 aromatic rings. The second-order valence-corrected chi connectivity index (χ2v) is 9.74. The lowest BCUT2D eigenvalue weighted by atomic mass is 10.1. The molecule has 1 spiro atoms. The van der Waals surface area contributed by atoms with Crippen LogP contribution in [0, 0.1) is 0 Å². The molecular formula is C20H22N6O3S. The Morgan fingerprint density at radius 3 is 2.60 bits per heavy atom. The monoisotopic (exact) mass is 426 g/mol. The lowest BCUT2D eigenvalue weighted by Gasteiger charge is -2.42. The first-order chi connectivity index (χ1) is 14.3. The van der Waals surface area contributed by atoms with Crippen molar-refractivity contribution in [2.24, 2.45) is 0 Å². The number of aromatic amines is 1. The minimum atomic E-state index is -3.35. The maximum absolute atomic E-state index is 13.2. The van der Waals surface area contributed by atoms with E-state index in [-0.39, 0.29) is 11.4 Å². The van der Waals surface area contributed by atoms with E-state index in [1.807, 2.05) is 17.2 Å². The Labute approximate surface area is 174 Å². The third-order valence-corrected chi connectivity index (χ3v) is 6.40. The number of fused-ring (bicyclic) bond motifs is 1. The van der Waals surface area contributed by atoms with Gasteiger partial charge in [0.15, 0.2) is 0 Å². The largest absolute Gasteiger partial charge is 0.352 e. The van der Waals surface area contributed by atoms with Gasteiger partial charge in [-0.25, -0.2) is 18.4 Å². The molecule has 1 aromatic carbocycles. The molecule has 30 heavy (non-hydrogen) atoms. The van der Waals surface area contributed by atoms with Crippen molar-refractivity contribution in [3.63, 3.8) is 0 Å². The van der Waals surface area contributed by atoms with Crippen LogP contribution in [0.15, 0.2) is 42.9 Å². The maximum atomic E-state index is 13.2. The summed E-state index contributed by atoms with van der Waals surface area (Å²) in [5.74, 6) is 0.878. The Bertz CT molecular complexity index is 1220. The third-order valence-electron chi connectivity index (χ3n) is 5.79. The summed E-state index contributed by atoms with van der Waals surface area (Å²) in [5.41, 5.74) is 1.64. The van der Waals surface area contributed by atoms with E-state index in [1.165, 1.54) is 0 Å². The average molecular weight is 427 g/mol. The van der Waals surface area contributed by atoms with E-state index < -0.39 is 10.0 Å². The summed E-state index contributed by atoms with van der Waals surface area (Å²) in [4.78, 5) is 29.3. The minimum Gasteiger partial charge on any atom is -0.352 e. The minimum absolute atomic E-state index is 0.0208. The summed E-state index contributed by atoms with van der Waals surface area (Å²) in [5, 5.41) is 0.988. The fraction of sp³-hybridized carbons (Fsp3) is 0.350. The first kappa shape index (κ1) is 18.9. The number of benzene rings is 1. The van der Waals surface area contributed by atoms with Gasteiger partial charge < -0.3 is 14.8 Å². The summed E-state index contributed by atoms with van der Waals surface area (Å²) in [6.07, 6.45) is 6.45. The number of nitrogens with one attached hydrogen (secondary N) is 2. The standard InChI is InChI=1S/C20H22N6O3S/c1-30(28,29)24-15-4-2-14(3-5-15)19(27)26-11-10-25(12-20(26)7-8-20)18-16-6-9-21-17(16)22-13-23-18/h2-6,9,13,24H,7-8,10-12H2,1H3,(H,21,22,23). The Hall–Kier alpha value is -3.14. The van der Waals surface area contributed by atoms with Crippen LogP contribution in [0.5, 0.6) is 0 Å². The number of piperazine rings is 1. The van der Waals surface area contributed by atoms with Crippen molar-refractivity contribution in [3.8, 4) is 0 Å². The van der Waals surface area contributed by atoms with Gasteiger partial charge >= 0.3 is 0 Å². The first-order valence-corrected chi connectivity index (χ1v) is 11.7. The third kappa shape index (κ3) is 3.36. The van der Waals surface area contributed by atoms with Gasteiger partial charge in [-0.2, -0.15) is 0 Å². The molecule has 2 N–H and O–H groups in total. The molecule has 2 aromatic heterocycles. The molecule has 0 atom stereocenters. The Kier molecular flexibility index (Phi) is 4.21. The highest BCUT2D eigenvalue weighted by molar-refractivity contribution is 7.92. The predicted octanol–water partition coefficient (Wildman–Crippen LogP) is 1.82. The zero-order chi connectivity index (χ0) is 20.9. The van der Waals surface area contributed by atoms with Gasteiger partial charge in [-0.05, 0) is 43.2 Å². The molecule has 156 valence electrons. The molecule has 2 fully saturated rings. The highest BCUT2D eigenvalue weighted by Gasteiger charge is 2.53. The van der Waals surface area contributed by atoms with Gasteiger partial charge in [0, 0.05) is 37.1 Å². The lowest BCUT2D eigenvalue weighted by Crippen LogP contribution is -2.57. The molecule has 5 rings (SSSR count). The number of hydrogen-bond donors (Lipinski definition) is 2. The van der Waals surface area contributed by atoms with Crippen LogP contribution in [-0.4, -0.2) is 65.6 Å². The Balaban J connectivity index is 1.35. The van der Waals surface area contributed by atoms with Gasteiger partial charge in [0.1, 0.15) is 17.8 Å². The summed E-state index contributed by atoms with van der Waals surface area (Å²) in [7, 11) is -3.35. The van der Waals surface area contributed by atoms with Crippen LogP contribution in [0.25, 0.3) is 11.0 Å². The van der Waals surface area contributed by atoms with Crippen molar-refractivity contribution in [3.05, 3.63) is 48.4 Å². The number of carbonyl (C=O) groups is 1. The molecule has 2 aliphatic rings. The number of anilines is 2. The van der Waals surface area contributed by atoms with Gasteiger partial charge in [0.25, 0.3) is 5.91 Å². The van der Waals surface area contributed by atoms with Crippen molar-refractivity contribution in [2.75, 3.05) is 35.5 Å². The highest BCUT2D eigenvalue weighted by atomic mass is 32.2. The average Bonchev–Trinajstić information content (AvgIpc) is 3.29. The number of aromatic nitrogens is 3. The second kappa shape index (κ2) is 6.69. The predicted molar refractivity (Wildman–Crippen MR) is 114 cm³/mol. The normalized spacial score (nSPS) is 18.0. The van der Waals surface area contributed by atoms with Crippen molar-refractivity contribution >= 4 is 38.5 Å². The summed E-state index contributed by atoms with van der Waals surface area (Å²) >= 11 is 0. The molecule has 1 aliphatic heterocycles. The number of hydrogen-bond acceptors (Lipinski definition) is 6. The van der Waals surface area contributed by atoms with Crippen LogP contribution in [0.3, 0.4) is 0 Å². The highest BCUT2D eigenvalue weighted by Crippen LogP contribution is 2.46. The molecule has 1 saturated carbocycles. The van der Waals surface area contributed by atoms with Gasteiger partial charge in [0.2, 0.25) is 10.0 Å². The van der Waals surface area contributed by atoms with E-state index in [2.05, 4.69) is 24.6 Å². The van der Waals surface area contributed by atoms with E-state index >= 15 is 0 Å². The number of amides is 1. The number of sulfonamides is 1. The zero-order valence-corrected chi connectivity index (χ0v) is 17.3. The molecule has 1 amide bonds. The van der Waals surface area contributed by atoms with E-state index in [0.29, 0.717) is 24.3 Å². The van der Waals surface area contributed by atoms with Crippen molar-refractivity contribution in [1.29, 1.82) is 0 Å². The van der Waals surface area contributed by atoms with Crippen LogP contribution in [0.4, 0.5) is 11.5 Å². The first-order valence-electron chi connectivity index (χ1n) is 9.78. The SMILES string of the molecule is CS(=O)(=O)Nc1ccc(C(=O)N2CCN(c3ncnc4[nH]ccc34)CC23CC3)cc1. The van der Waals surface area contributed by atoms with Gasteiger partial charge in [-0.3, -0.25) is 9.52 Å². The molecule has 1 saturated heterocycles. The molecule has 0 bridgehead atoms.